The van der Waals surface area contributed by atoms with E-state index < -0.39 is 0 Å². The van der Waals surface area contributed by atoms with E-state index >= 15 is 0 Å². The van der Waals surface area contributed by atoms with Crippen molar-refractivity contribution in [1.29, 1.82) is 0 Å². The van der Waals surface area contributed by atoms with Gasteiger partial charge < -0.3 is 0 Å². The second-order valence-corrected chi connectivity index (χ2v) is 6.96. The molecule has 0 radical (unpaired) electrons. The summed E-state index contributed by atoms with van der Waals surface area (Å²) in [5.41, 5.74) is 0.872. The van der Waals surface area contributed by atoms with Crippen LogP contribution < -0.4 is 0 Å². The summed E-state index contributed by atoms with van der Waals surface area (Å²) in [6.07, 6.45) is 0. The lowest BCUT2D eigenvalue weighted by Crippen LogP contribution is -1.90. The first-order valence-corrected chi connectivity index (χ1v) is 8.15. The van der Waals surface area contributed by atoms with Gasteiger partial charge in [-0.15, -0.1) is 25.3 Å². The van der Waals surface area contributed by atoms with Gasteiger partial charge in [0.1, 0.15) is 0 Å². The molecule has 0 N–H and O–H groups in total. The lowest BCUT2D eigenvalue weighted by molar-refractivity contribution is 1.27. The quantitative estimate of drug-likeness (QED) is 0.260. The van der Waals surface area contributed by atoms with Crippen molar-refractivity contribution in [3.05, 3.63) is 42.3 Å². The molecular formula is C12H4Cl6S2. The zero-order valence-corrected chi connectivity index (χ0v) is 15.6. The van der Waals surface area contributed by atoms with Crippen LogP contribution >= 0.6 is 94.9 Å². The number of rotatable bonds is 1. The fourth-order valence-corrected chi connectivity index (χ4v) is 3.76. The van der Waals surface area contributed by atoms with E-state index in [1.807, 2.05) is 0 Å². The monoisotopic (exact) mass is 422 g/mol. The predicted octanol–water partition coefficient (Wildman–Crippen LogP) is 7.85. The van der Waals surface area contributed by atoms with Gasteiger partial charge in [0.05, 0.1) is 25.1 Å². The number of hydrogen-bond donors (Lipinski definition) is 2. The van der Waals surface area contributed by atoms with Crippen molar-refractivity contribution in [3.8, 4) is 11.1 Å². The minimum atomic E-state index is 0.0888. The Bertz CT molecular complexity index is 685. The van der Waals surface area contributed by atoms with E-state index in [9.17, 15) is 0 Å². The standard InChI is InChI=1S/C12H4Cl6S2/c13-3-1-2-4(19)12(20)5(3)6-7(14)9(16)11(18)10(17)8(6)15/h1-2,19-20H. The maximum absolute atomic E-state index is 6.23. The molecular weight excluding hydrogens is 421 g/mol. The van der Waals surface area contributed by atoms with Gasteiger partial charge in [-0.05, 0) is 12.1 Å². The highest BCUT2D eigenvalue weighted by atomic mass is 35.5. The average Bonchev–Trinajstić information content (AvgIpc) is 2.42. The summed E-state index contributed by atoms with van der Waals surface area (Å²) < 4.78 is 0. The molecule has 0 aliphatic rings. The van der Waals surface area contributed by atoms with E-state index in [0.29, 0.717) is 25.9 Å². The van der Waals surface area contributed by atoms with E-state index in [0.717, 1.165) is 0 Å². The van der Waals surface area contributed by atoms with Crippen molar-refractivity contribution in [2.24, 2.45) is 0 Å². The molecule has 0 fully saturated rings. The van der Waals surface area contributed by atoms with Crippen LogP contribution in [-0.2, 0) is 0 Å². The second-order valence-electron chi connectivity index (χ2n) is 3.74. The van der Waals surface area contributed by atoms with Gasteiger partial charge in [0.15, 0.2) is 0 Å². The van der Waals surface area contributed by atoms with Gasteiger partial charge in [0, 0.05) is 25.9 Å². The lowest BCUT2D eigenvalue weighted by atomic mass is 10.1. The highest BCUT2D eigenvalue weighted by Crippen LogP contribution is 2.51. The number of halogens is 6. The van der Waals surface area contributed by atoms with E-state index in [4.69, 9.17) is 69.6 Å². The molecule has 20 heavy (non-hydrogen) atoms. The fraction of sp³-hybridized carbons (Fsp3) is 0. The smallest absolute Gasteiger partial charge is 0.0809 e. The van der Waals surface area contributed by atoms with E-state index in [1.54, 1.807) is 12.1 Å². The molecule has 0 saturated carbocycles. The van der Waals surface area contributed by atoms with Gasteiger partial charge in [-0.1, -0.05) is 69.6 Å². The third-order valence-electron chi connectivity index (χ3n) is 2.57. The average molecular weight is 425 g/mol. The van der Waals surface area contributed by atoms with Crippen LogP contribution in [0.4, 0.5) is 0 Å². The maximum Gasteiger partial charge on any atom is 0.0809 e. The van der Waals surface area contributed by atoms with Gasteiger partial charge in [-0.2, -0.15) is 0 Å². The number of thiol groups is 2. The number of hydrogen-bond acceptors (Lipinski definition) is 2. The Morgan fingerprint density at radius 3 is 1.55 bits per heavy atom. The molecule has 0 spiro atoms. The summed E-state index contributed by atoms with van der Waals surface area (Å²) in [6.45, 7) is 0. The minimum absolute atomic E-state index is 0.0888. The highest BCUT2D eigenvalue weighted by Gasteiger charge is 2.23. The van der Waals surface area contributed by atoms with Crippen LogP contribution in [0.2, 0.25) is 30.1 Å². The SMILES string of the molecule is Sc1ccc(Cl)c(-c2c(Cl)c(Cl)c(Cl)c(Cl)c2Cl)c1S. The van der Waals surface area contributed by atoms with Crippen LogP contribution in [0.15, 0.2) is 21.9 Å². The van der Waals surface area contributed by atoms with Crippen molar-refractivity contribution in [2.45, 2.75) is 9.79 Å². The fourth-order valence-electron chi connectivity index (χ4n) is 1.62. The summed E-state index contributed by atoms with van der Waals surface area (Å²) >= 11 is 45.4. The Balaban J connectivity index is 2.95. The normalized spacial score (nSPS) is 11.0. The molecule has 0 aliphatic heterocycles. The molecule has 2 aromatic carbocycles. The molecule has 0 amide bonds. The first-order valence-electron chi connectivity index (χ1n) is 4.99. The predicted molar refractivity (Wildman–Crippen MR) is 96.4 cm³/mol. The van der Waals surface area contributed by atoms with Gasteiger partial charge >= 0.3 is 0 Å². The summed E-state index contributed by atoms with van der Waals surface area (Å²) in [5.74, 6) is 0. The first kappa shape index (κ1) is 17.2. The van der Waals surface area contributed by atoms with E-state index in [1.165, 1.54) is 0 Å². The van der Waals surface area contributed by atoms with Gasteiger partial charge in [0.25, 0.3) is 0 Å². The molecule has 0 saturated heterocycles. The summed E-state index contributed by atoms with van der Waals surface area (Å²) in [5, 5.41) is 0.999. The van der Waals surface area contributed by atoms with E-state index in [-0.39, 0.29) is 25.1 Å². The largest absolute Gasteiger partial charge is 0.142 e. The molecule has 0 aliphatic carbocycles. The Morgan fingerprint density at radius 1 is 0.600 bits per heavy atom. The van der Waals surface area contributed by atoms with Crippen LogP contribution in [0, 0.1) is 0 Å². The van der Waals surface area contributed by atoms with Gasteiger partial charge in [-0.3, -0.25) is 0 Å². The van der Waals surface area contributed by atoms with Crippen molar-refractivity contribution in [3.63, 3.8) is 0 Å². The molecule has 0 bridgehead atoms. The third kappa shape index (κ3) is 2.87. The van der Waals surface area contributed by atoms with Crippen LogP contribution in [0.3, 0.4) is 0 Å². The van der Waals surface area contributed by atoms with Crippen LogP contribution in [0.5, 0.6) is 0 Å². The van der Waals surface area contributed by atoms with Crippen molar-refractivity contribution >= 4 is 94.9 Å². The molecule has 2 rings (SSSR count). The van der Waals surface area contributed by atoms with Crippen LogP contribution in [-0.4, -0.2) is 0 Å². The van der Waals surface area contributed by atoms with Crippen molar-refractivity contribution < 1.29 is 0 Å². The zero-order chi connectivity index (χ0) is 15.2. The summed E-state index contributed by atoms with van der Waals surface area (Å²) in [4.78, 5) is 1.13. The summed E-state index contributed by atoms with van der Waals surface area (Å²) in [6, 6.07) is 3.36. The molecule has 0 nitrogen and oxygen atoms in total. The lowest BCUT2D eigenvalue weighted by Gasteiger charge is -2.16. The van der Waals surface area contributed by atoms with Crippen molar-refractivity contribution in [2.75, 3.05) is 0 Å². The van der Waals surface area contributed by atoms with Crippen LogP contribution in [0.25, 0.3) is 11.1 Å². The Labute approximate surface area is 157 Å². The summed E-state index contributed by atoms with van der Waals surface area (Å²) in [7, 11) is 0. The van der Waals surface area contributed by atoms with Gasteiger partial charge in [-0.25, -0.2) is 0 Å². The second kappa shape index (κ2) is 6.55. The van der Waals surface area contributed by atoms with Crippen LogP contribution in [0.1, 0.15) is 0 Å². The Morgan fingerprint density at radius 2 is 1.05 bits per heavy atom. The number of benzene rings is 2. The van der Waals surface area contributed by atoms with Gasteiger partial charge in [0.2, 0.25) is 0 Å². The molecule has 0 unspecified atom stereocenters. The third-order valence-corrected chi connectivity index (χ3v) is 6.17. The molecule has 8 heteroatoms. The van der Waals surface area contributed by atoms with E-state index in [2.05, 4.69) is 25.3 Å². The zero-order valence-electron chi connectivity index (χ0n) is 9.32. The molecule has 2 aromatic rings. The molecule has 0 atom stereocenters. The molecule has 0 aromatic heterocycles. The molecule has 0 heterocycles. The van der Waals surface area contributed by atoms with Crippen molar-refractivity contribution in [1.82, 2.24) is 0 Å². The molecule has 106 valence electrons. The Kier molecular flexibility index (Phi) is 5.65. The highest BCUT2D eigenvalue weighted by molar-refractivity contribution is 7.83. The maximum atomic E-state index is 6.23. The topological polar surface area (TPSA) is 0 Å². The first-order chi connectivity index (χ1) is 9.27. The Hall–Kier alpha value is 0.880. The minimum Gasteiger partial charge on any atom is -0.142 e.